The molecule has 0 bridgehead atoms. The van der Waals surface area contributed by atoms with Crippen LogP contribution in [0.5, 0.6) is 5.75 Å². The van der Waals surface area contributed by atoms with Crippen LogP contribution in [0, 0.1) is 18.2 Å². The number of ether oxygens (including phenoxy) is 1. The molecule has 4 rings (SSSR count). The van der Waals surface area contributed by atoms with Gasteiger partial charge in [0.15, 0.2) is 11.6 Å². The van der Waals surface area contributed by atoms with Gasteiger partial charge >= 0.3 is 5.69 Å². The lowest BCUT2D eigenvalue weighted by molar-refractivity contribution is 0.196. The molecule has 0 amide bonds. The third-order valence-electron chi connectivity index (χ3n) is 5.35. The molecule has 0 spiro atoms. The van der Waals surface area contributed by atoms with Gasteiger partial charge in [-0.2, -0.15) is 0 Å². The van der Waals surface area contributed by atoms with Gasteiger partial charge in [-0.1, -0.05) is 30.3 Å². The molecule has 0 radical (unpaired) electrons. The van der Waals surface area contributed by atoms with E-state index >= 15 is 4.39 Å². The highest BCUT2D eigenvalue weighted by Gasteiger charge is 2.26. The first-order valence-electron chi connectivity index (χ1n) is 10.8. The van der Waals surface area contributed by atoms with E-state index in [4.69, 9.17) is 21.0 Å². The number of hydrogen-bond acceptors (Lipinski definition) is 7. The SMILES string of the molecule is Cc1cc(OCCO)c(F)c([C@@H](Cc2ccc(C(=N)N)cc2)c2nn(-c3ncccn3)c(=O)[nH]2)c1. The van der Waals surface area contributed by atoms with Gasteiger partial charge in [0.2, 0.25) is 0 Å². The summed E-state index contributed by atoms with van der Waals surface area (Å²) in [6.45, 7) is 1.48. The van der Waals surface area contributed by atoms with Crippen LogP contribution in [0.3, 0.4) is 0 Å². The molecule has 0 aliphatic rings. The molecule has 1 atom stereocenters. The van der Waals surface area contributed by atoms with Crippen LogP contribution >= 0.6 is 0 Å². The van der Waals surface area contributed by atoms with Crippen molar-refractivity contribution in [1.82, 2.24) is 24.7 Å². The number of aliphatic hydroxyl groups excluding tert-OH is 1. The second-order valence-electron chi connectivity index (χ2n) is 7.88. The third-order valence-corrected chi connectivity index (χ3v) is 5.35. The van der Waals surface area contributed by atoms with Crippen LogP contribution in [0.4, 0.5) is 4.39 Å². The second-order valence-corrected chi connectivity index (χ2v) is 7.88. The average Bonchev–Trinajstić information content (AvgIpc) is 3.25. The number of amidine groups is 1. The van der Waals surface area contributed by atoms with Gasteiger partial charge in [-0.15, -0.1) is 9.78 Å². The molecule has 2 aromatic carbocycles. The van der Waals surface area contributed by atoms with E-state index in [0.717, 1.165) is 15.8 Å². The minimum Gasteiger partial charge on any atom is -0.488 e. The average molecular weight is 478 g/mol. The largest absolute Gasteiger partial charge is 0.488 e. The van der Waals surface area contributed by atoms with Crippen LogP contribution in [-0.2, 0) is 6.42 Å². The van der Waals surface area contributed by atoms with Crippen molar-refractivity contribution in [2.75, 3.05) is 13.2 Å². The van der Waals surface area contributed by atoms with E-state index in [1.54, 1.807) is 49.4 Å². The van der Waals surface area contributed by atoms with Crippen molar-refractivity contribution in [1.29, 1.82) is 5.41 Å². The number of hydrogen-bond donors (Lipinski definition) is 4. The molecule has 0 aliphatic carbocycles. The molecular formula is C24H24FN7O3. The summed E-state index contributed by atoms with van der Waals surface area (Å²) in [5.74, 6) is -1.07. The Kier molecular flexibility index (Phi) is 6.97. The number of halogens is 1. The number of aryl methyl sites for hydroxylation is 1. The van der Waals surface area contributed by atoms with Crippen LogP contribution in [0.1, 0.15) is 34.0 Å². The summed E-state index contributed by atoms with van der Waals surface area (Å²) in [5, 5.41) is 21.1. The Hall–Kier alpha value is -4.38. The summed E-state index contributed by atoms with van der Waals surface area (Å²) >= 11 is 0. The zero-order valence-corrected chi connectivity index (χ0v) is 18.9. The summed E-state index contributed by atoms with van der Waals surface area (Å²) < 4.78 is 22.0. The van der Waals surface area contributed by atoms with Crippen LogP contribution in [0.25, 0.3) is 5.95 Å². The number of rotatable bonds is 9. The number of nitrogens with two attached hydrogens (primary N) is 1. The summed E-state index contributed by atoms with van der Waals surface area (Å²) in [6.07, 6.45) is 3.25. The first-order chi connectivity index (χ1) is 16.9. The zero-order chi connectivity index (χ0) is 24.9. The first kappa shape index (κ1) is 23.8. The maximum Gasteiger partial charge on any atom is 0.350 e. The molecule has 0 fully saturated rings. The second kappa shape index (κ2) is 10.3. The molecule has 0 aliphatic heterocycles. The smallest absolute Gasteiger partial charge is 0.350 e. The molecular weight excluding hydrogens is 453 g/mol. The molecule has 0 unspecified atom stereocenters. The van der Waals surface area contributed by atoms with Crippen molar-refractivity contribution in [3.8, 4) is 11.7 Å². The van der Waals surface area contributed by atoms with E-state index in [1.807, 2.05) is 0 Å². The number of aliphatic hydroxyl groups is 1. The van der Waals surface area contributed by atoms with Gasteiger partial charge in [-0.25, -0.2) is 19.2 Å². The van der Waals surface area contributed by atoms with Crippen molar-refractivity contribution < 1.29 is 14.2 Å². The van der Waals surface area contributed by atoms with E-state index < -0.39 is 17.4 Å². The maximum atomic E-state index is 15.6. The topological polar surface area (TPSA) is 156 Å². The molecule has 11 heteroatoms. The fraction of sp³-hybridized carbons (Fsp3) is 0.208. The lowest BCUT2D eigenvalue weighted by atomic mass is 9.89. The van der Waals surface area contributed by atoms with Crippen LogP contribution in [-0.4, -0.2) is 48.9 Å². The standard InChI is InChI=1S/C24H24FN7O3/c1-14-11-17(20(25)19(12-14)35-10-9-33)18(13-15-3-5-16(6-4-15)21(26)27)22-30-24(34)32(31-22)23-28-7-2-8-29-23/h2-8,11-12,18,33H,9-10,13H2,1H3,(H3,26,27)(H,30,31,34)/t18-/m1/s1. The molecule has 4 aromatic rings. The highest BCUT2D eigenvalue weighted by molar-refractivity contribution is 5.94. The minimum atomic E-state index is -0.702. The van der Waals surface area contributed by atoms with Gasteiger partial charge < -0.3 is 15.6 Å². The Morgan fingerprint density at radius 3 is 2.63 bits per heavy atom. The number of H-pyrrole nitrogens is 1. The Balaban J connectivity index is 1.82. The number of nitrogens with zero attached hydrogens (tertiary/aromatic N) is 4. The van der Waals surface area contributed by atoms with E-state index in [-0.39, 0.29) is 48.6 Å². The monoisotopic (exact) mass is 477 g/mol. The summed E-state index contributed by atoms with van der Waals surface area (Å²) in [7, 11) is 0. The fourth-order valence-electron chi connectivity index (χ4n) is 3.72. The van der Waals surface area contributed by atoms with Gasteiger partial charge in [0.05, 0.1) is 12.5 Å². The maximum absolute atomic E-state index is 15.6. The first-order valence-corrected chi connectivity index (χ1v) is 10.8. The molecule has 2 heterocycles. The zero-order valence-electron chi connectivity index (χ0n) is 18.9. The lowest BCUT2D eigenvalue weighted by Gasteiger charge is -2.19. The fourth-order valence-corrected chi connectivity index (χ4v) is 3.72. The number of nitrogens with one attached hydrogen (secondary N) is 2. The number of aromatic nitrogens is 5. The third kappa shape index (κ3) is 5.25. The summed E-state index contributed by atoms with van der Waals surface area (Å²) in [6, 6.07) is 11.8. The van der Waals surface area contributed by atoms with E-state index in [2.05, 4.69) is 20.1 Å². The van der Waals surface area contributed by atoms with Crippen molar-refractivity contribution in [2.45, 2.75) is 19.3 Å². The Morgan fingerprint density at radius 1 is 1.26 bits per heavy atom. The quantitative estimate of drug-likeness (QED) is 0.212. The van der Waals surface area contributed by atoms with Gasteiger partial charge in [-0.05, 0) is 36.6 Å². The number of aromatic amines is 1. The summed E-state index contributed by atoms with van der Waals surface area (Å²) in [5.41, 5.74) is 7.36. The number of nitrogen functional groups attached to an aromatic ring is 1. The molecule has 0 saturated heterocycles. The Labute approximate surface area is 199 Å². The van der Waals surface area contributed by atoms with Gasteiger partial charge in [0.1, 0.15) is 18.3 Å². The van der Waals surface area contributed by atoms with Gasteiger partial charge in [-0.3, -0.25) is 10.4 Å². The highest BCUT2D eigenvalue weighted by Crippen LogP contribution is 2.33. The Bertz CT molecular complexity index is 1380. The molecule has 180 valence electrons. The van der Waals surface area contributed by atoms with Crippen molar-refractivity contribution in [3.63, 3.8) is 0 Å². The molecule has 0 saturated carbocycles. The van der Waals surface area contributed by atoms with Crippen LogP contribution < -0.4 is 16.2 Å². The van der Waals surface area contributed by atoms with Crippen molar-refractivity contribution in [2.24, 2.45) is 5.73 Å². The normalized spacial score (nSPS) is 11.9. The lowest BCUT2D eigenvalue weighted by Crippen LogP contribution is -2.18. The van der Waals surface area contributed by atoms with Crippen LogP contribution in [0.15, 0.2) is 59.7 Å². The molecule has 35 heavy (non-hydrogen) atoms. The Morgan fingerprint density at radius 2 is 1.97 bits per heavy atom. The van der Waals surface area contributed by atoms with Gasteiger partial charge in [0, 0.05) is 23.5 Å². The summed E-state index contributed by atoms with van der Waals surface area (Å²) in [4.78, 5) is 23.5. The van der Waals surface area contributed by atoms with Crippen molar-refractivity contribution in [3.05, 3.63) is 99.2 Å². The van der Waals surface area contributed by atoms with Crippen LogP contribution in [0.2, 0.25) is 0 Å². The predicted molar refractivity (Wildman–Crippen MR) is 126 cm³/mol. The minimum absolute atomic E-state index is 0.000787. The number of benzene rings is 2. The van der Waals surface area contributed by atoms with E-state index in [0.29, 0.717) is 5.56 Å². The van der Waals surface area contributed by atoms with Gasteiger partial charge in [0.25, 0.3) is 5.95 Å². The molecule has 2 aromatic heterocycles. The highest BCUT2D eigenvalue weighted by atomic mass is 19.1. The van der Waals surface area contributed by atoms with Crippen molar-refractivity contribution >= 4 is 5.84 Å². The van der Waals surface area contributed by atoms with E-state index in [9.17, 15) is 4.79 Å². The predicted octanol–water partition coefficient (Wildman–Crippen LogP) is 1.83. The van der Waals surface area contributed by atoms with E-state index in [1.165, 1.54) is 12.4 Å². The molecule has 5 N–H and O–H groups in total. The molecule has 10 nitrogen and oxygen atoms in total.